The van der Waals surface area contributed by atoms with Crippen molar-refractivity contribution in [1.29, 1.82) is 0 Å². The molecule has 12 heteroatoms. The third kappa shape index (κ3) is 4.91. The van der Waals surface area contributed by atoms with Crippen molar-refractivity contribution in [2.75, 3.05) is 26.9 Å². The van der Waals surface area contributed by atoms with Crippen molar-refractivity contribution in [3.63, 3.8) is 0 Å². The topological polar surface area (TPSA) is 100 Å². The third-order valence-electron chi connectivity index (χ3n) is 8.28. The van der Waals surface area contributed by atoms with E-state index >= 15 is 4.39 Å². The molecule has 1 aliphatic rings. The number of aromatic nitrogens is 5. The van der Waals surface area contributed by atoms with Crippen LogP contribution in [0.4, 0.5) is 8.78 Å². The van der Waals surface area contributed by atoms with E-state index < -0.39 is 11.6 Å². The van der Waals surface area contributed by atoms with Crippen LogP contribution in [0.2, 0.25) is 0 Å². The van der Waals surface area contributed by atoms with Gasteiger partial charge in [0.15, 0.2) is 5.58 Å². The molecular formula is C34H30F2N6O4. The standard InChI is InChI=1S/C34H30F2N6O4/c1-5-29(43)41-9-10-42-27(19(41)2)17-26(39-42)33-30(31-24(36)15-22(35)16-28(31)45-13-12-44-4)23-8-11-46-34(23)32(37-33)20-6-7-21-18-40(3)38-25(21)14-20/h5-8,11,14-19H,1,9-10,12-13H2,2-4H3/t19-/m1/s1. The highest BCUT2D eigenvalue weighted by Crippen LogP contribution is 2.46. The smallest absolute Gasteiger partial charge is 0.246 e. The highest BCUT2D eigenvalue weighted by molar-refractivity contribution is 6.07. The normalized spacial score (nSPS) is 14.6. The molecule has 2 aromatic carbocycles. The molecular weight excluding hydrogens is 594 g/mol. The molecule has 0 fully saturated rings. The molecule has 0 saturated heterocycles. The van der Waals surface area contributed by atoms with Crippen LogP contribution in [0, 0.1) is 11.6 Å². The number of pyridine rings is 1. The minimum Gasteiger partial charge on any atom is -0.490 e. The molecule has 5 heterocycles. The van der Waals surface area contributed by atoms with Gasteiger partial charge in [0, 0.05) is 60.9 Å². The van der Waals surface area contributed by atoms with Gasteiger partial charge in [-0.15, -0.1) is 0 Å². The second kappa shape index (κ2) is 11.5. The fourth-order valence-corrected chi connectivity index (χ4v) is 6.13. The molecule has 1 atom stereocenters. The number of amides is 1. The monoisotopic (exact) mass is 624 g/mol. The van der Waals surface area contributed by atoms with E-state index in [1.54, 1.807) is 15.6 Å². The molecule has 234 valence electrons. The number of rotatable bonds is 8. The van der Waals surface area contributed by atoms with Crippen LogP contribution in [0.1, 0.15) is 18.7 Å². The van der Waals surface area contributed by atoms with Crippen LogP contribution in [0.25, 0.3) is 55.6 Å². The summed E-state index contributed by atoms with van der Waals surface area (Å²) >= 11 is 0. The number of nitrogens with zero attached hydrogens (tertiary/aromatic N) is 6. The first-order valence-electron chi connectivity index (χ1n) is 14.7. The molecule has 0 bridgehead atoms. The van der Waals surface area contributed by atoms with Crippen molar-refractivity contribution in [2.45, 2.75) is 19.5 Å². The van der Waals surface area contributed by atoms with Crippen LogP contribution in [0.5, 0.6) is 5.75 Å². The number of carbonyl (C=O) groups is 1. The Morgan fingerprint density at radius 2 is 1.93 bits per heavy atom. The van der Waals surface area contributed by atoms with Crippen LogP contribution in [0.3, 0.4) is 0 Å². The predicted molar refractivity (Wildman–Crippen MR) is 168 cm³/mol. The molecule has 0 radical (unpaired) electrons. The lowest BCUT2D eigenvalue weighted by molar-refractivity contribution is -0.129. The number of fused-ring (bicyclic) bond motifs is 3. The van der Waals surface area contributed by atoms with Crippen molar-refractivity contribution in [2.24, 2.45) is 7.05 Å². The van der Waals surface area contributed by atoms with Crippen LogP contribution in [0.15, 0.2) is 72.0 Å². The first-order valence-corrected chi connectivity index (χ1v) is 14.7. The fourth-order valence-electron chi connectivity index (χ4n) is 6.13. The molecule has 46 heavy (non-hydrogen) atoms. The van der Waals surface area contributed by atoms with Gasteiger partial charge in [-0.2, -0.15) is 10.2 Å². The maximum Gasteiger partial charge on any atom is 0.246 e. The molecule has 1 aliphatic heterocycles. The lowest BCUT2D eigenvalue weighted by Crippen LogP contribution is -2.40. The van der Waals surface area contributed by atoms with Gasteiger partial charge in [0.1, 0.15) is 41.1 Å². The number of aryl methyl sites for hydroxylation is 1. The average Bonchev–Trinajstić information content (AvgIpc) is 3.78. The van der Waals surface area contributed by atoms with Crippen LogP contribution in [-0.2, 0) is 23.1 Å². The van der Waals surface area contributed by atoms with Gasteiger partial charge in [0.25, 0.3) is 0 Å². The summed E-state index contributed by atoms with van der Waals surface area (Å²) in [7, 11) is 3.37. The Hall–Kier alpha value is -5.36. The molecule has 0 unspecified atom stereocenters. The van der Waals surface area contributed by atoms with E-state index in [0.717, 1.165) is 34.3 Å². The SMILES string of the molecule is C=CC(=O)N1CCn2nc(-c3nc(-c4ccc5cn(C)nc5c4)c4occc4c3-c3c(F)cc(F)cc3OCCOC)cc2[C@H]1C. The maximum atomic E-state index is 16.0. The minimum absolute atomic E-state index is 0.0112. The Morgan fingerprint density at radius 3 is 2.74 bits per heavy atom. The quantitative estimate of drug-likeness (QED) is 0.145. The summed E-state index contributed by atoms with van der Waals surface area (Å²) < 4.78 is 51.2. The van der Waals surface area contributed by atoms with Gasteiger partial charge >= 0.3 is 0 Å². The average molecular weight is 625 g/mol. The van der Waals surface area contributed by atoms with Gasteiger partial charge in [-0.1, -0.05) is 18.7 Å². The van der Waals surface area contributed by atoms with Gasteiger partial charge in [0.05, 0.1) is 42.2 Å². The van der Waals surface area contributed by atoms with Crippen LogP contribution < -0.4 is 4.74 Å². The van der Waals surface area contributed by atoms with Gasteiger partial charge in [-0.25, -0.2) is 13.8 Å². The predicted octanol–water partition coefficient (Wildman–Crippen LogP) is 6.30. The Morgan fingerprint density at radius 1 is 1.09 bits per heavy atom. The number of benzene rings is 2. The number of hydrogen-bond acceptors (Lipinski definition) is 7. The van der Waals surface area contributed by atoms with E-state index in [2.05, 4.69) is 11.7 Å². The second-order valence-corrected chi connectivity index (χ2v) is 11.1. The minimum atomic E-state index is -0.833. The van der Waals surface area contributed by atoms with E-state index in [1.807, 2.05) is 49.1 Å². The Balaban J connectivity index is 1.50. The van der Waals surface area contributed by atoms with Gasteiger partial charge in [-0.05, 0) is 31.2 Å². The van der Waals surface area contributed by atoms with Crippen LogP contribution >= 0.6 is 0 Å². The summed E-state index contributed by atoms with van der Waals surface area (Å²) in [6.45, 7) is 6.72. The van der Waals surface area contributed by atoms with Crippen molar-refractivity contribution < 1.29 is 27.5 Å². The molecule has 0 N–H and O–H groups in total. The summed E-state index contributed by atoms with van der Waals surface area (Å²) in [4.78, 5) is 19.4. The largest absolute Gasteiger partial charge is 0.490 e. The van der Waals surface area contributed by atoms with Crippen molar-refractivity contribution in [1.82, 2.24) is 29.4 Å². The summed E-state index contributed by atoms with van der Waals surface area (Å²) in [6, 6.07) is 11.0. The summed E-state index contributed by atoms with van der Waals surface area (Å²) in [6.07, 6.45) is 4.72. The summed E-state index contributed by atoms with van der Waals surface area (Å²) in [5.74, 6) is -1.81. The number of methoxy groups -OCH3 is 1. The molecule has 0 aliphatic carbocycles. The Bertz CT molecular complexity index is 2150. The maximum absolute atomic E-state index is 16.0. The fraction of sp³-hybridized carbons (Fsp3) is 0.235. The van der Waals surface area contributed by atoms with E-state index in [0.29, 0.717) is 46.7 Å². The zero-order chi connectivity index (χ0) is 32.1. The van der Waals surface area contributed by atoms with Crippen molar-refractivity contribution in [3.8, 4) is 39.5 Å². The molecule has 0 spiro atoms. The van der Waals surface area contributed by atoms with Gasteiger partial charge in [0.2, 0.25) is 5.91 Å². The van der Waals surface area contributed by atoms with E-state index in [1.165, 1.54) is 19.4 Å². The van der Waals surface area contributed by atoms with Crippen LogP contribution in [-0.4, -0.2) is 62.2 Å². The Kier molecular flexibility index (Phi) is 7.36. The zero-order valence-electron chi connectivity index (χ0n) is 25.5. The first-order chi connectivity index (χ1) is 22.3. The number of furan rings is 1. The second-order valence-electron chi connectivity index (χ2n) is 11.1. The number of carbonyl (C=O) groups excluding carboxylic acids is 1. The highest BCUT2D eigenvalue weighted by Gasteiger charge is 2.31. The van der Waals surface area contributed by atoms with E-state index in [9.17, 15) is 9.18 Å². The zero-order valence-corrected chi connectivity index (χ0v) is 25.5. The van der Waals surface area contributed by atoms with Crippen molar-refractivity contribution >= 4 is 27.8 Å². The number of halogens is 2. The third-order valence-corrected chi connectivity index (χ3v) is 8.28. The molecule has 0 saturated carbocycles. The summed E-state index contributed by atoms with van der Waals surface area (Å²) in [5, 5.41) is 10.9. The number of hydrogen-bond donors (Lipinski definition) is 0. The lowest BCUT2D eigenvalue weighted by Gasteiger charge is -2.33. The highest BCUT2D eigenvalue weighted by atomic mass is 19.1. The molecule has 6 aromatic rings. The first kappa shape index (κ1) is 29.4. The van der Waals surface area contributed by atoms with Crippen molar-refractivity contribution in [3.05, 3.63) is 84.9 Å². The lowest BCUT2D eigenvalue weighted by atomic mass is 9.94. The van der Waals surface area contributed by atoms with E-state index in [4.69, 9.17) is 24.0 Å². The molecule has 1 amide bonds. The van der Waals surface area contributed by atoms with Gasteiger partial charge < -0.3 is 18.8 Å². The summed E-state index contributed by atoms with van der Waals surface area (Å²) in [5.41, 5.74) is 4.31. The van der Waals surface area contributed by atoms with Gasteiger partial charge in [-0.3, -0.25) is 14.2 Å². The van der Waals surface area contributed by atoms with E-state index in [-0.39, 0.29) is 36.5 Å². The Labute approximate surface area is 262 Å². The molecule has 7 rings (SSSR count). The molecule has 10 nitrogen and oxygen atoms in total. The number of ether oxygens (including phenoxy) is 2. The molecule has 4 aromatic heterocycles.